The van der Waals surface area contributed by atoms with Crippen LogP contribution in [0.2, 0.25) is 5.02 Å². The van der Waals surface area contributed by atoms with Gasteiger partial charge in [-0.2, -0.15) is 0 Å². The predicted octanol–water partition coefficient (Wildman–Crippen LogP) is 6.63. The fraction of sp³-hybridized carbons (Fsp3) is 0.452. The second-order valence-corrected chi connectivity index (χ2v) is 14.7. The van der Waals surface area contributed by atoms with Crippen LogP contribution in [0.1, 0.15) is 66.3 Å². The van der Waals surface area contributed by atoms with E-state index < -0.39 is 0 Å². The molecular formula is C42H50ClN3O6. The fourth-order valence-corrected chi connectivity index (χ4v) is 7.41. The minimum absolute atomic E-state index is 0.000613. The SMILES string of the molecule is COC(=O)CCCC(=O)N1C[C@H]2CC(c3ccc(OCCOc4cc(C)c(C)cc4Cl)cc3)=C(C(=O)N(CCc3ccc(C)cc3)C3CC3)[C@@H](C1)N2. The Morgan fingerprint density at radius 3 is 2.33 bits per heavy atom. The highest BCUT2D eigenvalue weighted by Gasteiger charge is 2.43. The molecule has 2 amide bonds. The van der Waals surface area contributed by atoms with Crippen molar-refractivity contribution in [3.8, 4) is 11.5 Å². The average molecular weight is 728 g/mol. The van der Waals surface area contributed by atoms with E-state index in [1.54, 1.807) is 0 Å². The molecule has 0 aromatic heterocycles. The number of rotatable bonds is 15. The minimum Gasteiger partial charge on any atom is -0.490 e. The van der Waals surface area contributed by atoms with Crippen LogP contribution in [0, 0.1) is 20.8 Å². The molecule has 1 saturated heterocycles. The molecule has 3 aromatic carbocycles. The first-order valence-electron chi connectivity index (χ1n) is 18.4. The molecule has 3 aromatic rings. The Balaban J connectivity index is 1.19. The third-order valence-electron chi connectivity index (χ3n) is 10.4. The van der Waals surface area contributed by atoms with Crippen molar-refractivity contribution in [2.24, 2.45) is 0 Å². The van der Waals surface area contributed by atoms with Gasteiger partial charge >= 0.3 is 5.97 Å². The summed E-state index contributed by atoms with van der Waals surface area (Å²) in [5.41, 5.74) is 7.41. The monoisotopic (exact) mass is 727 g/mol. The lowest BCUT2D eigenvalue weighted by atomic mass is 9.82. The number of hydrogen-bond donors (Lipinski definition) is 1. The third kappa shape index (κ3) is 9.36. The standard InChI is InChI=1S/C42H50ClN3O6/c1-27-8-10-30(11-9-27)18-19-46(33-14-15-33)42(49)41-35(24-32-25-45(26-37(41)44-32)39(47)6-5-7-40(48)50-4)31-12-16-34(17-13-31)51-20-21-52-38-23-29(3)28(2)22-36(38)43/h8-13,16-17,22-23,32-33,37,44H,5-7,14-15,18-21,24-26H2,1-4H3/t32-,37-/m1/s1. The Morgan fingerprint density at radius 2 is 1.62 bits per heavy atom. The van der Waals surface area contributed by atoms with Crippen LogP contribution in [-0.4, -0.2) is 85.7 Å². The smallest absolute Gasteiger partial charge is 0.305 e. The van der Waals surface area contributed by atoms with Gasteiger partial charge in [0.05, 0.1) is 18.2 Å². The third-order valence-corrected chi connectivity index (χ3v) is 10.7. The zero-order valence-electron chi connectivity index (χ0n) is 30.7. The van der Waals surface area contributed by atoms with Crippen molar-refractivity contribution in [1.82, 2.24) is 15.1 Å². The number of benzene rings is 3. The van der Waals surface area contributed by atoms with E-state index in [4.69, 9.17) is 25.8 Å². The normalized spacial score (nSPS) is 18.2. The van der Waals surface area contributed by atoms with E-state index in [1.165, 1.54) is 18.2 Å². The van der Waals surface area contributed by atoms with Crippen molar-refractivity contribution >= 4 is 35.0 Å². The maximum Gasteiger partial charge on any atom is 0.305 e. The van der Waals surface area contributed by atoms with Gasteiger partial charge in [0.2, 0.25) is 5.91 Å². The number of esters is 1. The largest absolute Gasteiger partial charge is 0.490 e. The molecule has 2 aliphatic heterocycles. The van der Waals surface area contributed by atoms with Gasteiger partial charge in [-0.1, -0.05) is 53.6 Å². The lowest BCUT2D eigenvalue weighted by molar-refractivity contribution is -0.141. The summed E-state index contributed by atoms with van der Waals surface area (Å²) < 4.78 is 16.7. The first kappa shape index (κ1) is 37.4. The van der Waals surface area contributed by atoms with Crippen LogP contribution in [0.4, 0.5) is 0 Å². The molecule has 10 heteroatoms. The van der Waals surface area contributed by atoms with Gasteiger partial charge in [0.1, 0.15) is 24.7 Å². The second kappa shape index (κ2) is 17.0. The highest BCUT2D eigenvalue weighted by atomic mass is 35.5. The lowest BCUT2D eigenvalue weighted by Gasteiger charge is -2.45. The molecule has 2 fully saturated rings. The molecule has 1 N–H and O–H groups in total. The predicted molar refractivity (Wildman–Crippen MR) is 203 cm³/mol. The number of nitrogens with zero attached hydrogens (tertiary/aromatic N) is 2. The van der Waals surface area contributed by atoms with Crippen molar-refractivity contribution in [3.05, 3.63) is 99.1 Å². The van der Waals surface area contributed by atoms with E-state index in [-0.39, 0.29) is 48.8 Å². The maximum absolute atomic E-state index is 14.7. The zero-order valence-corrected chi connectivity index (χ0v) is 31.5. The summed E-state index contributed by atoms with van der Waals surface area (Å²) >= 11 is 6.37. The Kier molecular flexibility index (Phi) is 12.2. The number of aryl methyl sites for hydroxylation is 3. The zero-order chi connectivity index (χ0) is 36.8. The number of fused-ring (bicyclic) bond motifs is 2. The Morgan fingerprint density at radius 1 is 0.904 bits per heavy atom. The molecule has 52 heavy (non-hydrogen) atoms. The van der Waals surface area contributed by atoms with Crippen molar-refractivity contribution in [2.75, 3.05) is 40.0 Å². The molecule has 2 heterocycles. The van der Waals surface area contributed by atoms with Crippen LogP contribution in [0.15, 0.2) is 66.2 Å². The van der Waals surface area contributed by atoms with E-state index >= 15 is 0 Å². The number of amides is 2. The number of nitrogens with one attached hydrogen (secondary N) is 1. The molecule has 2 bridgehead atoms. The average Bonchev–Trinajstić information content (AvgIpc) is 3.98. The Bertz CT molecular complexity index is 1790. The second-order valence-electron chi connectivity index (χ2n) is 14.3. The molecule has 1 saturated carbocycles. The van der Waals surface area contributed by atoms with Gasteiger partial charge < -0.3 is 29.3 Å². The van der Waals surface area contributed by atoms with Gasteiger partial charge in [-0.3, -0.25) is 14.4 Å². The summed E-state index contributed by atoms with van der Waals surface area (Å²) in [5.74, 6) is 1.08. The number of carbonyl (C=O) groups is 3. The molecule has 9 nitrogen and oxygen atoms in total. The summed E-state index contributed by atoms with van der Waals surface area (Å²) in [4.78, 5) is 43.7. The number of hydrogen-bond acceptors (Lipinski definition) is 7. The molecule has 3 aliphatic rings. The lowest BCUT2D eigenvalue weighted by Crippen LogP contribution is -2.62. The van der Waals surface area contributed by atoms with Crippen LogP contribution in [0.25, 0.3) is 5.57 Å². The summed E-state index contributed by atoms with van der Waals surface area (Å²) in [5, 5.41) is 4.28. The van der Waals surface area contributed by atoms with E-state index in [1.807, 2.05) is 55.1 Å². The van der Waals surface area contributed by atoms with Crippen LogP contribution >= 0.6 is 11.6 Å². The number of carbonyl (C=O) groups excluding carboxylic acids is 3. The first-order valence-corrected chi connectivity index (χ1v) is 18.8. The van der Waals surface area contributed by atoms with Crippen LogP contribution in [0.5, 0.6) is 11.5 Å². The van der Waals surface area contributed by atoms with E-state index in [0.717, 1.165) is 47.1 Å². The van der Waals surface area contributed by atoms with Gasteiger partial charge in [0.15, 0.2) is 0 Å². The maximum atomic E-state index is 14.7. The summed E-state index contributed by atoms with van der Waals surface area (Å²) in [6.45, 7) is 8.41. The van der Waals surface area contributed by atoms with Gasteiger partial charge in [-0.15, -0.1) is 0 Å². The number of halogens is 1. The first-order chi connectivity index (χ1) is 25.1. The van der Waals surface area contributed by atoms with E-state index in [2.05, 4.69) is 41.4 Å². The Hall–Kier alpha value is -4.34. The number of methoxy groups -OCH3 is 1. The highest BCUT2D eigenvalue weighted by Crippen LogP contribution is 2.37. The molecule has 0 unspecified atom stereocenters. The highest BCUT2D eigenvalue weighted by molar-refractivity contribution is 6.32. The van der Waals surface area contributed by atoms with Crippen LogP contribution in [0.3, 0.4) is 0 Å². The van der Waals surface area contributed by atoms with Crippen LogP contribution < -0.4 is 14.8 Å². The Labute approximate surface area is 312 Å². The molecule has 6 rings (SSSR count). The van der Waals surface area contributed by atoms with Crippen molar-refractivity contribution in [2.45, 2.75) is 83.8 Å². The van der Waals surface area contributed by atoms with Gasteiger partial charge in [-0.25, -0.2) is 0 Å². The molecule has 2 atom stereocenters. The minimum atomic E-state index is -0.316. The van der Waals surface area contributed by atoms with Crippen LogP contribution in [-0.2, 0) is 25.5 Å². The summed E-state index contributed by atoms with van der Waals surface area (Å²) in [6.07, 6.45) is 4.31. The van der Waals surface area contributed by atoms with Crippen molar-refractivity contribution < 1.29 is 28.6 Å². The van der Waals surface area contributed by atoms with Gasteiger partial charge in [0, 0.05) is 50.1 Å². The van der Waals surface area contributed by atoms with Crippen molar-refractivity contribution in [1.29, 1.82) is 0 Å². The molecule has 0 radical (unpaired) electrons. The van der Waals surface area contributed by atoms with E-state index in [0.29, 0.717) is 62.2 Å². The number of piperazine rings is 1. The summed E-state index contributed by atoms with van der Waals surface area (Å²) in [6, 6.07) is 20.2. The van der Waals surface area contributed by atoms with Gasteiger partial charge in [-0.05, 0) is 105 Å². The topological polar surface area (TPSA) is 97.4 Å². The van der Waals surface area contributed by atoms with Crippen molar-refractivity contribution in [3.63, 3.8) is 0 Å². The van der Waals surface area contributed by atoms with E-state index in [9.17, 15) is 14.4 Å². The molecule has 0 spiro atoms. The summed E-state index contributed by atoms with van der Waals surface area (Å²) in [7, 11) is 1.36. The van der Waals surface area contributed by atoms with Gasteiger partial charge in [0.25, 0.3) is 5.91 Å². The fourth-order valence-electron chi connectivity index (χ4n) is 7.14. The molecular weight excluding hydrogens is 678 g/mol. The quantitative estimate of drug-likeness (QED) is 0.139. The molecule has 276 valence electrons. The molecule has 1 aliphatic carbocycles. The number of ether oxygens (including phenoxy) is 3.